The quantitative estimate of drug-likeness (QED) is 0.768. The number of β-amino-alcohol motifs (C(OH)–C–C–N with tert-alkyl or cyclic N) is 1. The molecule has 0 aromatic heterocycles. The van der Waals surface area contributed by atoms with Gasteiger partial charge in [-0.2, -0.15) is 0 Å². The highest BCUT2D eigenvalue weighted by Crippen LogP contribution is 2.39. The molecule has 0 bridgehead atoms. The molecule has 3 N–H and O–H groups in total. The van der Waals surface area contributed by atoms with Gasteiger partial charge in [-0.05, 0) is 49.4 Å². The Bertz CT molecular complexity index is 572. The monoisotopic (exact) mass is 306 g/mol. The molecule has 0 spiro atoms. The number of aliphatic hydroxyl groups excluding tert-OH is 1. The fraction of sp³-hybridized carbons (Fsp3) is 0.588. The van der Waals surface area contributed by atoms with Crippen LogP contribution in [0.25, 0.3) is 0 Å². The zero-order valence-corrected chi connectivity index (χ0v) is 12.9. The number of rotatable bonds is 5. The van der Waals surface area contributed by atoms with Crippen molar-refractivity contribution in [3.05, 3.63) is 35.1 Å². The third-order valence-electron chi connectivity index (χ3n) is 4.84. The maximum Gasteiger partial charge on any atom is 0.220 e. The van der Waals surface area contributed by atoms with Crippen molar-refractivity contribution in [2.24, 2.45) is 5.92 Å². The lowest BCUT2D eigenvalue weighted by Crippen LogP contribution is -2.40. The summed E-state index contributed by atoms with van der Waals surface area (Å²) in [4.78, 5) is 12.2. The van der Waals surface area contributed by atoms with Crippen molar-refractivity contribution < 1.29 is 14.3 Å². The van der Waals surface area contributed by atoms with Crippen LogP contribution in [0.1, 0.15) is 30.4 Å². The summed E-state index contributed by atoms with van der Waals surface area (Å²) >= 11 is 0. The van der Waals surface area contributed by atoms with Gasteiger partial charge in [-0.3, -0.25) is 4.79 Å². The molecular weight excluding hydrogens is 283 g/mol. The summed E-state index contributed by atoms with van der Waals surface area (Å²) in [5.41, 5.74) is 1.84. The Hall–Kier alpha value is -1.46. The lowest BCUT2D eigenvalue weighted by atomic mass is 9.98. The maximum atomic E-state index is 13.2. The molecule has 1 aromatic carbocycles. The van der Waals surface area contributed by atoms with Crippen LogP contribution in [0.3, 0.4) is 0 Å². The summed E-state index contributed by atoms with van der Waals surface area (Å²) in [7, 11) is 0. The van der Waals surface area contributed by atoms with E-state index in [4.69, 9.17) is 0 Å². The number of aryl methyl sites for hydroxylation is 1. The molecule has 0 unspecified atom stereocenters. The number of benzene rings is 1. The molecule has 1 aromatic rings. The van der Waals surface area contributed by atoms with E-state index in [2.05, 4.69) is 10.6 Å². The van der Waals surface area contributed by atoms with Crippen molar-refractivity contribution in [3.63, 3.8) is 0 Å². The van der Waals surface area contributed by atoms with Gasteiger partial charge in [0, 0.05) is 31.0 Å². The van der Waals surface area contributed by atoms with Crippen molar-refractivity contribution in [1.82, 2.24) is 10.6 Å². The standard InChI is InChI=1S/C17H23FN2O2/c1-11-6-14(18)3-2-12(11)8-17(4-5-17)20-16(22)7-13-9-19-10-15(13)21/h2-3,6,13,15,19,21H,4-5,7-10H2,1H3,(H,20,22)/t13-,15-/m1/s1. The van der Waals surface area contributed by atoms with Gasteiger partial charge in [0.15, 0.2) is 0 Å². The molecule has 1 heterocycles. The van der Waals surface area contributed by atoms with E-state index >= 15 is 0 Å². The molecule has 0 radical (unpaired) electrons. The van der Waals surface area contributed by atoms with Crippen LogP contribution in [0.5, 0.6) is 0 Å². The van der Waals surface area contributed by atoms with E-state index in [0.29, 0.717) is 19.5 Å². The van der Waals surface area contributed by atoms with Crippen molar-refractivity contribution in [2.75, 3.05) is 13.1 Å². The number of halogens is 1. The van der Waals surface area contributed by atoms with Crippen LogP contribution in [0.15, 0.2) is 18.2 Å². The van der Waals surface area contributed by atoms with E-state index in [0.717, 1.165) is 30.4 Å². The first-order valence-corrected chi connectivity index (χ1v) is 7.92. The highest BCUT2D eigenvalue weighted by atomic mass is 19.1. The molecule has 22 heavy (non-hydrogen) atoms. The summed E-state index contributed by atoms with van der Waals surface area (Å²) in [6.07, 6.45) is 2.59. The molecule has 1 saturated heterocycles. The van der Waals surface area contributed by atoms with Crippen molar-refractivity contribution >= 4 is 5.91 Å². The largest absolute Gasteiger partial charge is 0.391 e. The number of carbonyl (C=O) groups is 1. The van der Waals surface area contributed by atoms with E-state index in [1.807, 2.05) is 13.0 Å². The van der Waals surface area contributed by atoms with Gasteiger partial charge in [-0.15, -0.1) is 0 Å². The maximum absolute atomic E-state index is 13.2. The van der Waals surface area contributed by atoms with Crippen molar-refractivity contribution in [2.45, 2.75) is 44.2 Å². The van der Waals surface area contributed by atoms with Gasteiger partial charge < -0.3 is 15.7 Å². The average Bonchev–Trinajstić information content (AvgIpc) is 3.08. The first kappa shape index (κ1) is 15.4. The normalized spacial score (nSPS) is 26.0. The molecule has 1 aliphatic heterocycles. The Labute approximate surface area is 130 Å². The molecule has 1 aliphatic carbocycles. The summed E-state index contributed by atoms with van der Waals surface area (Å²) < 4.78 is 13.2. The molecule has 3 rings (SSSR count). The fourth-order valence-corrected chi connectivity index (χ4v) is 3.23. The molecule has 2 atom stereocenters. The van der Waals surface area contributed by atoms with E-state index < -0.39 is 6.10 Å². The zero-order valence-electron chi connectivity index (χ0n) is 12.9. The Morgan fingerprint density at radius 2 is 2.23 bits per heavy atom. The van der Waals surface area contributed by atoms with Gasteiger partial charge in [0.2, 0.25) is 5.91 Å². The number of hydrogen-bond acceptors (Lipinski definition) is 3. The second-order valence-electron chi connectivity index (χ2n) is 6.77. The van der Waals surface area contributed by atoms with Crippen LogP contribution < -0.4 is 10.6 Å². The topological polar surface area (TPSA) is 61.4 Å². The average molecular weight is 306 g/mol. The van der Waals surface area contributed by atoms with Crippen LogP contribution in [0, 0.1) is 18.7 Å². The molecule has 4 nitrogen and oxygen atoms in total. The van der Waals surface area contributed by atoms with Gasteiger partial charge in [0.1, 0.15) is 5.82 Å². The number of carbonyl (C=O) groups excluding carboxylic acids is 1. The highest BCUT2D eigenvalue weighted by molar-refractivity contribution is 5.77. The lowest BCUT2D eigenvalue weighted by Gasteiger charge is -2.20. The first-order chi connectivity index (χ1) is 10.5. The molecule has 120 valence electrons. The van der Waals surface area contributed by atoms with Crippen LogP contribution in [-0.4, -0.2) is 35.7 Å². The number of hydrogen-bond donors (Lipinski definition) is 3. The summed E-state index contributed by atoms with van der Waals surface area (Å²) in [6, 6.07) is 4.82. The van der Waals surface area contributed by atoms with Gasteiger partial charge >= 0.3 is 0 Å². The third kappa shape index (κ3) is 3.47. The van der Waals surface area contributed by atoms with Crippen molar-refractivity contribution in [3.8, 4) is 0 Å². The minimum Gasteiger partial charge on any atom is -0.391 e. The number of nitrogens with one attached hydrogen (secondary N) is 2. The van der Waals surface area contributed by atoms with Crippen LogP contribution >= 0.6 is 0 Å². The predicted molar refractivity (Wildman–Crippen MR) is 81.9 cm³/mol. The predicted octanol–water partition coefficient (Wildman–Crippen LogP) is 1.30. The highest BCUT2D eigenvalue weighted by Gasteiger charge is 2.44. The Balaban J connectivity index is 1.58. The van der Waals surface area contributed by atoms with E-state index in [9.17, 15) is 14.3 Å². The zero-order chi connectivity index (χ0) is 15.7. The molecule has 1 saturated carbocycles. The van der Waals surface area contributed by atoms with Crippen LogP contribution in [0.2, 0.25) is 0 Å². The second-order valence-corrected chi connectivity index (χ2v) is 6.77. The molecule has 2 fully saturated rings. The molecule has 1 amide bonds. The Morgan fingerprint density at radius 3 is 2.82 bits per heavy atom. The summed E-state index contributed by atoms with van der Waals surface area (Å²) in [5, 5.41) is 16.0. The Kier molecular flexibility index (Phi) is 4.19. The summed E-state index contributed by atoms with van der Waals surface area (Å²) in [5.74, 6) is -0.216. The Morgan fingerprint density at radius 1 is 1.45 bits per heavy atom. The van der Waals surface area contributed by atoms with E-state index in [1.165, 1.54) is 12.1 Å². The smallest absolute Gasteiger partial charge is 0.220 e. The molecule has 5 heteroatoms. The minimum atomic E-state index is -0.430. The lowest BCUT2D eigenvalue weighted by molar-refractivity contribution is -0.123. The van der Waals surface area contributed by atoms with E-state index in [1.54, 1.807) is 0 Å². The minimum absolute atomic E-state index is 0.00311. The first-order valence-electron chi connectivity index (χ1n) is 7.92. The third-order valence-corrected chi connectivity index (χ3v) is 4.84. The summed E-state index contributed by atoms with van der Waals surface area (Å²) in [6.45, 7) is 3.16. The molecular formula is C17H23FN2O2. The number of aliphatic hydroxyl groups is 1. The second kappa shape index (κ2) is 5.97. The fourth-order valence-electron chi connectivity index (χ4n) is 3.23. The SMILES string of the molecule is Cc1cc(F)ccc1CC1(NC(=O)C[C@@H]2CNC[C@H]2O)CC1. The van der Waals surface area contributed by atoms with Crippen LogP contribution in [-0.2, 0) is 11.2 Å². The van der Waals surface area contributed by atoms with Gasteiger partial charge in [-0.25, -0.2) is 4.39 Å². The number of amides is 1. The van der Waals surface area contributed by atoms with Crippen LogP contribution in [0.4, 0.5) is 4.39 Å². The van der Waals surface area contributed by atoms with Crippen molar-refractivity contribution in [1.29, 1.82) is 0 Å². The van der Waals surface area contributed by atoms with Gasteiger partial charge in [0.25, 0.3) is 0 Å². The van der Waals surface area contributed by atoms with Gasteiger partial charge in [0.05, 0.1) is 6.10 Å². The molecule has 2 aliphatic rings. The van der Waals surface area contributed by atoms with Gasteiger partial charge in [-0.1, -0.05) is 6.07 Å². The van der Waals surface area contributed by atoms with E-state index in [-0.39, 0.29) is 23.2 Å².